The van der Waals surface area contributed by atoms with Gasteiger partial charge in [-0.05, 0) is 0 Å². The van der Waals surface area contributed by atoms with E-state index in [1.54, 1.807) is 0 Å². The average molecular weight is 206 g/mol. The van der Waals surface area contributed by atoms with Gasteiger partial charge in [0.05, 0.1) is 0 Å². The Morgan fingerprint density at radius 1 is 0.571 bits per heavy atom. The monoisotopic (exact) mass is 206 g/mol. The molecule has 0 aliphatic rings. The third-order valence-corrected chi connectivity index (χ3v) is 0. The molecule has 0 nitrogen and oxygen atoms in total. The molecule has 0 aliphatic carbocycles. The highest BCUT2D eigenvalue weighted by atomic mass is 13.4. The quantitative estimate of drug-likeness (QED) is 0.385. The van der Waals surface area contributed by atoms with Crippen molar-refractivity contribution in [2.75, 3.05) is 0 Å². The van der Waals surface area contributed by atoms with Gasteiger partial charge in [0, 0.05) is 0 Å². The summed E-state index contributed by atoms with van der Waals surface area (Å²) in [6, 6.07) is 0. The van der Waals surface area contributed by atoms with Gasteiger partial charge in [0.15, 0.2) is 0 Å². The third kappa shape index (κ3) is 4660. The number of rotatable bonds is 0. The summed E-state index contributed by atoms with van der Waals surface area (Å²) < 4.78 is 0. The van der Waals surface area contributed by atoms with Crippen LogP contribution >= 0.6 is 0 Å². The Morgan fingerprint density at radius 3 is 0.571 bits per heavy atom. The molecular formula is C14H38. The molecule has 0 heterocycles. The molecule has 94 valence electrons. The zero-order chi connectivity index (χ0) is 12.7. The van der Waals surface area contributed by atoms with E-state index in [0.29, 0.717) is 0 Å². The summed E-state index contributed by atoms with van der Waals surface area (Å²) in [7, 11) is 0. The van der Waals surface area contributed by atoms with Gasteiger partial charge in [-0.1, -0.05) is 69.2 Å². The minimum atomic E-state index is 0. The van der Waals surface area contributed by atoms with Gasteiger partial charge >= 0.3 is 0 Å². The molecule has 0 rings (SSSR count). The van der Waals surface area contributed by atoms with Crippen molar-refractivity contribution >= 4 is 0 Å². The van der Waals surface area contributed by atoms with E-state index in [1.165, 1.54) is 6.42 Å². The molecule has 0 saturated carbocycles. The van der Waals surface area contributed by atoms with Crippen molar-refractivity contribution in [2.45, 2.75) is 69.2 Å². The molecule has 0 aromatic heterocycles. The Hall–Kier alpha value is -0.520. The standard InChI is InChI=1S/C3H8.3C2H6.2C2H4.CH4/c1-3-2;5*1-2;/h3H2,1-2H3;3*1-2H3;2*1-2H2;1H4. The van der Waals surface area contributed by atoms with Crippen molar-refractivity contribution in [1.29, 1.82) is 0 Å². The van der Waals surface area contributed by atoms with Gasteiger partial charge in [0.1, 0.15) is 0 Å². The van der Waals surface area contributed by atoms with Gasteiger partial charge in [-0.25, -0.2) is 0 Å². The zero-order valence-corrected chi connectivity index (χ0v) is 11.5. The molecular weight excluding hydrogens is 168 g/mol. The molecule has 0 unspecified atom stereocenters. The molecule has 0 amide bonds. The van der Waals surface area contributed by atoms with Crippen molar-refractivity contribution in [3.63, 3.8) is 0 Å². The van der Waals surface area contributed by atoms with Crippen LogP contribution in [0.4, 0.5) is 0 Å². The molecule has 0 bridgehead atoms. The minimum Gasteiger partial charge on any atom is -0.106 e. The van der Waals surface area contributed by atoms with Crippen LogP contribution in [0.15, 0.2) is 26.3 Å². The molecule has 0 fully saturated rings. The van der Waals surface area contributed by atoms with Crippen LogP contribution in [0.25, 0.3) is 0 Å². The summed E-state index contributed by atoms with van der Waals surface area (Å²) in [6.45, 7) is 28.2. The van der Waals surface area contributed by atoms with Crippen molar-refractivity contribution in [1.82, 2.24) is 0 Å². The largest absolute Gasteiger partial charge is 0.106 e. The van der Waals surface area contributed by atoms with Gasteiger partial charge in [0.2, 0.25) is 0 Å². The first-order valence-electron chi connectivity index (χ1n) is 5.41. The topological polar surface area (TPSA) is 0 Å². The highest BCUT2D eigenvalue weighted by molar-refractivity contribution is 4.22. The molecule has 0 aromatic carbocycles. The Bertz CT molecular complexity index is 7.51. The van der Waals surface area contributed by atoms with Crippen molar-refractivity contribution < 1.29 is 0 Å². The molecule has 0 aromatic rings. The lowest BCUT2D eigenvalue weighted by atomic mass is 10.6. The van der Waals surface area contributed by atoms with E-state index in [1.807, 2.05) is 41.5 Å². The molecule has 14 heavy (non-hydrogen) atoms. The summed E-state index contributed by atoms with van der Waals surface area (Å²) in [5, 5.41) is 0. The van der Waals surface area contributed by atoms with E-state index in [2.05, 4.69) is 40.2 Å². The normalized spacial score (nSPS) is 3.14. The van der Waals surface area contributed by atoms with Crippen LogP contribution in [0.2, 0.25) is 0 Å². The third-order valence-electron chi connectivity index (χ3n) is 0. The van der Waals surface area contributed by atoms with E-state index in [9.17, 15) is 0 Å². The fourth-order valence-electron chi connectivity index (χ4n) is 0. The lowest BCUT2D eigenvalue weighted by molar-refractivity contribution is 1.09. The van der Waals surface area contributed by atoms with Gasteiger partial charge in [0.25, 0.3) is 0 Å². The summed E-state index contributed by atoms with van der Waals surface area (Å²) >= 11 is 0. The second-order valence-electron chi connectivity index (χ2n) is 0.707. The maximum absolute atomic E-state index is 3.00. The average Bonchev–Trinajstić information content (AvgIpc) is 2.32. The van der Waals surface area contributed by atoms with Crippen LogP contribution in [0.1, 0.15) is 69.2 Å². The Labute approximate surface area is 96.1 Å². The predicted octanol–water partition coefficient (Wildman–Crippen LogP) is 6.74. The van der Waals surface area contributed by atoms with Crippen molar-refractivity contribution in [3.05, 3.63) is 26.3 Å². The SMILES string of the molecule is C.C=C.C=C.CC.CC.CC.CCC. The fraction of sp³-hybridized carbons (Fsp3) is 0.714. The number of hydrogen-bond acceptors (Lipinski definition) is 0. The van der Waals surface area contributed by atoms with Crippen LogP contribution in [0.5, 0.6) is 0 Å². The van der Waals surface area contributed by atoms with Crippen LogP contribution in [-0.2, 0) is 0 Å². The second-order valence-corrected chi connectivity index (χ2v) is 0.707. The lowest BCUT2D eigenvalue weighted by Crippen LogP contribution is -1.27. The van der Waals surface area contributed by atoms with Gasteiger partial charge in [-0.2, -0.15) is 0 Å². The highest BCUT2D eigenvalue weighted by Crippen LogP contribution is 1.56. The summed E-state index contributed by atoms with van der Waals surface area (Å²) in [5.74, 6) is 0. The first-order valence-corrected chi connectivity index (χ1v) is 5.41. The van der Waals surface area contributed by atoms with Crippen LogP contribution in [-0.4, -0.2) is 0 Å². The predicted molar refractivity (Wildman–Crippen MR) is 79.2 cm³/mol. The summed E-state index contributed by atoms with van der Waals surface area (Å²) in [4.78, 5) is 0. The molecule has 0 atom stereocenters. The molecule has 0 spiro atoms. The van der Waals surface area contributed by atoms with Gasteiger partial charge in [-0.3, -0.25) is 0 Å². The Balaban J connectivity index is -0.00000000838. The summed E-state index contributed by atoms with van der Waals surface area (Å²) in [6.07, 6.45) is 1.25. The van der Waals surface area contributed by atoms with E-state index in [0.717, 1.165) is 0 Å². The summed E-state index contributed by atoms with van der Waals surface area (Å²) in [5.41, 5.74) is 0. The Kier molecular flexibility index (Phi) is 25500. The first-order chi connectivity index (χ1) is 6.41. The Morgan fingerprint density at radius 2 is 0.571 bits per heavy atom. The minimum absolute atomic E-state index is 0. The van der Waals surface area contributed by atoms with Gasteiger partial charge in [-0.15, -0.1) is 26.3 Å². The zero-order valence-electron chi connectivity index (χ0n) is 11.5. The van der Waals surface area contributed by atoms with E-state index in [-0.39, 0.29) is 7.43 Å². The van der Waals surface area contributed by atoms with Crippen molar-refractivity contribution in [3.8, 4) is 0 Å². The van der Waals surface area contributed by atoms with E-state index in [4.69, 9.17) is 0 Å². The molecule has 0 radical (unpaired) electrons. The molecule has 0 heteroatoms. The molecule has 0 aliphatic heterocycles. The molecule has 0 N–H and O–H groups in total. The van der Waals surface area contributed by atoms with Crippen LogP contribution in [0.3, 0.4) is 0 Å². The van der Waals surface area contributed by atoms with Crippen LogP contribution in [0, 0.1) is 0 Å². The van der Waals surface area contributed by atoms with E-state index >= 15 is 0 Å². The first kappa shape index (κ1) is 50.0. The fourth-order valence-corrected chi connectivity index (χ4v) is 0. The van der Waals surface area contributed by atoms with Gasteiger partial charge < -0.3 is 0 Å². The van der Waals surface area contributed by atoms with Crippen molar-refractivity contribution in [2.24, 2.45) is 0 Å². The second kappa shape index (κ2) is 7140. The lowest BCUT2D eigenvalue weighted by Gasteiger charge is -1.48. The number of hydrogen-bond donors (Lipinski definition) is 0. The maximum atomic E-state index is 3.00. The highest BCUT2D eigenvalue weighted by Gasteiger charge is 1.35. The van der Waals surface area contributed by atoms with Crippen LogP contribution < -0.4 is 0 Å². The molecule has 0 saturated heterocycles. The smallest absolute Gasteiger partial charge is 0.0590 e. The maximum Gasteiger partial charge on any atom is -0.0590 e. The van der Waals surface area contributed by atoms with E-state index < -0.39 is 0 Å².